The summed E-state index contributed by atoms with van der Waals surface area (Å²) in [6.45, 7) is 2.19. The highest BCUT2D eigenvalue weighted by molar-refractivity contribution is 6.30. The molecule has 17 heavy (non-hydrogen) atoms. The van der Waals surface area contributed by atoms with Crippen LogP contribution < -0.4 is 5.32 Å². The van der Waals surface area contributed by atoms with Crippen molar-refractivity contribution < 1.29 is 5.11 Å². The fraction of sp³-hybridized carbons (Fsp3) is 0.571. The first-order valence-electron chi connectivity index (χ1n) is 6.35. The van der Waals surface area contributed by atoms with Gasteiger partial charge in [-0.05, 0) is 48.9 Å². The van der Waals surface area contributed by atoms with E-state index in [4.69, 9.17) is 11.6 Å². The Kier molecular flexibility index (Phi) is 4.84. The van der Waals surface area contributed by atoms with E-state index in [0.717, 1.165) is 18.1 Å². The van der Waals surface area contributed by atoms with Crippen molar-refractivity contribution in [1.29, 1.82) is 0 Å². The van der Waals surface area contributed by atoms with Gasteiger partial charge in [-0.1, -0.05) is 30.2 Å². The number of rotatable bonds is 5. The molecule has 0 spiro atoms. The van der Waals surface area contributed by atoms with Crippen molar-refractivity contribution in [2.45, 2.75) is 25.8 Å². The normalized spacial score (nSPS) is 24.1. The lowest BCUT2D eigenvalue weighted by molar-refractivity contribution is 0.192. The van der Waals surface area contributed by atoms with E-state index in [2.05, 4.69) is 11.4 Å². The van der Waals surface area contributed by atoms with Crippen molar-refractivity contribution in [1.82, 2.24) is 5.32 Å². The zero-order chi connectivity index (χ0) is 12.1. The third-order valence-electron chi connectivity index (χ3n) is 3.68. The summed E-state index contributed by atoms with van der Waals surface area (Å²) in [6, 6.07) is 7.94. The Balaban J connectivity index is 1.76. The van der Waals surface area contributed by atoms with E-state index in [9.17, 15) is 5.11 Å². The molecule has 0 radical (unpaired) electrons. The first-order chi connectivity index (χ1) is 8.29. The monoisotopic (exact) mass is 253 g/mol. The second-order valence-electron chi connectivity index (χ2n) is 4.89. The maximum absolute atomic E-state index is 9.24. The van der Waals surface area contributed by atoms with Crippen molar-refractivity contribution in [3.8, 4) is 0 Å². The Bertz CT molecular complexity index is 356. The Morgan fingerprint density at radius 2 is 2.12 bits per heavy atom. The third-order valence-corrected chi connectivity index (χ3v) is 3.91. The van der Waals surface area contributed by atoms with Crippen molar-refractivity contribution >= 4 is 11.6 Å². The van der Waals surface area contributed by atoms with Gasteiger partial charge in [0.2, 0.25) is 0 Å². The molecule has 1 aliphatic rings. The van der Waals surface area contributed by atoms with Gasteiger partial charge in [-0.2, -0.15) is 0 Å². The van der Waals surface area contributed by atoms with E-state index < -0.39 is 0 Å². The van der Waals surface area contributed by atoms with Crippen molar-refractivity contribution in [2.24, 2.45) is 11.8 Å². The minimum absolute atomic E-state index is 0.337. The van der Waals surface area contributed by atoms with Crippen molar-refractivity contribution in [3.05, 3.63) is 34.9 Å². The fourth-order valence-corrected chi connectivity index (χ4v) is 2.88. The molecule has 94 valence electrons. The highest BCUT2D eigenvalue weighted by atomic mass is 35.5. The van der Waals surface area contributed by atoms with Crippen molar-refractivity contribution in [2.75, 3.05) is 13.2 Å². The average molecular weight is 254 g/mol. The van der Waals surface area contributed by atoms with Crippen LogP contribution in [0.2, 0.25) is 5.02 Å². The van der Waals surface area contributed by atoms with Crippen LogP contribution in [0.25, 0.3) is 0 Å². The van der Waals surface area contributed by atoms with Crippen molar-refractivity contribution in [3.63, 3.8) is 0 Å². The molecule has 0 heterocycles. The maximum atomic E-state index is 9.24. The quantitative estimate of drug-likeness (QED) is 0.846. The van der Waals surface area contributed by atoms with Gasteiger partial charge in [0.25, 0.3) is 0 Å². The van der Waals surface area contributed by atoms with E-state index >= 15 is 0 Å². The molecule has 2 unspecified atom stereocenters. The second-order valence-corrected chi connectivity index (χ2v) is 5.33. The molecule has 0 amide bonds. The summed E-state index contributed by atoms with van der Waals surface area (Å²) in [7, 11) is 0. The highest BCUT2D eigenvalue weighted by Gasteiger charge is 2.25. The number of hydrogen-bond donors (Lipinski definition) is 2. The Morgan fingerprint density at radius 3 is 2.88 bits per heavy atom. The van der Waals surface area contributed by atoms with E-state index in [-0.39, 0.29) is 0 Å². The standard InChI is InChI=1S/C14H20ClNO/c15-14-6-1-3-11(7-14)8-16-9-12-4-2-5-13(12)10-17/h1,3,6-7,12-13,16-17H,2,4-5,8-10H2. The number of nitrogens with one attached hydrogen (secondary N) is 1. The highest BCUT2D eigenvalue weighted by Crippen LogP contribution is 2.30. The van der Waals surface area contributed by atoms with Gasteiger partial charge >= 0.3 is 0 Å². The summed E-state index contributed by atoms with van der Waals surface area (Å²) >= 11 is 5.94. The fourth-order valence-electron chi connectivity index (χ4n) is 2.67. The van der Waals surface area contributed by atoms with Gasteiger partial charge < -0.3 is 10.4 Å². The SMILES string of the molecule is OCC1CCCC1CNCc1cccc(Cl)c1. The molecular weight excluding hydrogens is 234 g/mol. The first kappa shape index (κ1) is 12.9. The van der Waals surface area contributed by atoms with Gasteiger partial charge in [0, 0.05) is 18.2 Å². The molecule has 0 bridgehead atoms. The molecule has 0 aromatic heterocycles. The van der Waals surface area contributed by atoms with Gasteiger partial charge in [-0.15, -0.1) is 0 Å². The summed E-state index contributed by atoms with van der Waals surface area (Å²) in [5.41, 5.74) is 1.22. The van der Waals surface area contributed by atoms with Gasteiger partial charge in [0.1, 0.15) is 0 Å². The van der Waals surface area contributed by atoms with E-state index in [1.807, 2.05) is 18.2 Å². The molecule has 3 heteroatoms. The number of aliphatic hydroxyl groups is 1. The molecule has 0 aliphatic heterocycles. The van der Waals surface area contributed by atoms with Crippen LogP contribution in [0.15, 0.2) is 24.3 Å². The predicted octanol–water partition coefficient (Wildman–Crippen LogP) is 2.84. The minimum Gasteiger partial charge on any atom is -0.396 e. The molecule has 0 saturated heterocycles. The zero-order valence-corrected chi connectivity index (χ0v) is 10.8. The molecule has 1 fully saturated rings. The molecule has 2 N–H and O–H groups in total. The van der Waals surface area contributed by atoms with E-state index in [1.165, 1.54) is 24.8 Å². The lowest BCUT2D eigenvalue weighted by Crippen LogP contribution is -2.26. The second kappa shape index (κ2) is 6.39. The number of benzene rings is 1. The molecule has 1 aromatic rings. The first-order valence-corrected chi connectivity index (χ1v) is 6.73. The number of hydrogen-bond acceptors (Lipinski definition) is 2. The van der Waals surface area contributed by atoms with Crippen LogP contribution in [0.5, 0.6) is 0 Å². The Labute approximate surface area is 108 Å². The summed E-state index contributed by atoms with van der Waals surface area (Å²) in [5.74, 6) is 1.14. The predicted molar refractivity (Wildman–Crippen MR) is 71.1 cm³/mol. The van der Waals surface area contributed by atoms with Gasteiger partial charge in [-0.3, -0.25) is 0 Å². The van der Waals surface area contributed by atoms with Gasteiger partial charge in [-0.25, -0.2) is 0 Å². The minimum atomic E-state index is 0.337. The van der Waals surface area contributed by atoms with Gasteiger partial charge in [0.15, 0.2) is 0 Å². The van der Waals surface area contributed by atoms with Crippen LogP contribution in [0.4, 0.5) is 0 Å². The Hall–Kier alpha value is -0.570. The number of aliphatic hydroxyl groups excluding tert-OH is 1. The lowest BCUT2D eigenvalue weighted by Gasteiger charge is -2.17. The van der Waals surface area contributed by atoms with Crippen LogP contribution in [0.3, 0.4) is 0 Å². The molecule has 1 aliphatic carbocycles. The summed E-state index contributed by atoms with van der Waals surface area (Å²) in [5, 5.41) is 13.5. The molecular formula is C14H20ClNO. The van der Waals surface area contributed by atoms with E-state index in [1.54, 1.807) is 0 Å². The summed E-state index contributed by atoms with van der Waals surface area (Å²) in [6.07, 6.45) is 3.68. The topological polar surface area (TPSA) is 32.3 Å². The average Bonchev–Trinajstić information content (AvgIpc) is 2.77. The van der Waals surface area contributed by atoms with Crippen LogP contribution in [-0.2, 0) is 6.54 Å². The van der Waals surface area contributed by atoms with Crippen LogP contribution in [-0.4, -0.2) is 18.3 Å². The smallest absolute Gasteiger partial charge is 0.0462 e. The summed E-state index contributed by atoms with van der Waals surface area (Å²) < 4.78 is 0. The lowest BCUT2D eigenvalue weighted by atomic mass is 9.97. The largest absolute Gasteiger partial charge is 0.396 e. The zero-order valence-electron chi connectivity index (χ0n) is 10.0. The number of halogens is 1. The molecule has 2 rings (SSSR count). The molecule has 1 aromatic carbocycles. The third kappa shape index (κ3) is 3.70. The Morgan fingerprint density at radius 1 is 1.29 bits per heavy atom. The van der Waals surface area contributed by atoms with Crippen LogP contribution in [0, 0.1) is 11.8 Å². The maximum Gasteiger partial charge on any atom is 0.0462 e. The van der Waals surface area contributed by atoms with E-state index in [0.29, 0.717) is 18.4 Å². The van der Waals surface area contributed by atoms with Crippen LogP contribution in [0.1, 0.15) is 24.8 Å². The van der Waals surface area contributed by atoms with Crippen LogP contribution >= 0.6 is 11.6 Å². The summed E-state index contributed by atoms with van der Waals surface area (Å²) in [4.78, 5) is 0. The molecule has 2 atom stereocenters. The van der Waals surface area contributed by atoms with Gasteiger partial charge in [0.05, 0.1) is 0 Å². The molecule has 1 saturated carbocycles. The molecule has 2 nitrogen and oxygen atoms in total.